The Morgan fingerprint density at radius 3 is 2.37 bits per heavy atom. The van der Waals surface area contributed by atoms with Crippen LogP contribution in [0.3, 0.4) is 0 Å². The van der Waals surface area contributed by atoms with Gasteiger partial charge in [-0.05, 0) is 62.5 Å². The molecule has 2 saturated heterocycles. The summed E-state index contributed by atoms with van der Waals surface area (Å²) in [5.74, 6) is -3.50. The summed E-state index contributed by atoms with van der Waals surface area (Å²) in [5.41, 5.74) is 0.618. The Bertz CT molecular complexity index is 1170. The van der Waals surface area contributed by atoms with Crippen molar-refractivity contribution in [1.82, 2.24) is 15.2 Å². The van der Waals surface area contributed by atoms with E-state index < -0.39 is 40.3 Å². The van der Waals surface area contributed by atoms with Gasteiger partial charge in [-0.2, -0.15) is 0 Å². The van der Waals surface area contributed by atoms with Gasteiger partial charge in [0.1, 0.15) is 17.7 Å². The average molecular weight is 556 g/mol. The van der Waals surface area contributed by atoms with E-state index in [2.05, 4.69) is 15.0 Å². The number of rotatable bonds is 8. The van der Waals surface area contributed by atoms with E-state index in [0.29, 0.717) is 37.3 Å². The molecular weight excluding hydrogens is 520 g/mol. The molecule has 38 heavy (non-hydrogen) atoms. The first-order chi connectivity index (χ1) is 18.0. The second-order valence-electron chi connectivity index (χ2n) is 11.1. The summed E-state index contributed by atoms with van der Waals surface area (Å²) in [4.78, 5) is 34.5. The standard InChI is InChI=1S/C25H35F2N5O5S/c26-25(27)6-3-17(4-7-25)32-12-5-19(23(32)35)28-22(34)18-1-2-20(30-38(36,37)16-15-33)29-21(18)31-13-10-24(8-9-24)11-14-31/h1-2,17,19,33H,3-16H2,(H,28,34)(H,29,30). The maximum absolute atomic E-state index is 13.6. The third-order valence-corrected chi connectivity index (χ3v) is 9.73. The first kappa shape index (κ1) is 27.0. The molecular formula is C25H35F2N5O5S. The minimum atomic E-state index is -3.80. The van der Waals surface area contributed by atoms with Crippen LogP contribution in [0.2, 0.25) is 0 Å². The molecule has 1 spiro atoms. The molecule has 2 aliphatic carbocycles. The van der Waals surface area contributed by atoms with Crippen LogP contribution in [0.25, 0.3) is 0 Å². The zero-order valence-corrected chi connectivity index (χ0v) is 22.1. The minimum absolute atomic E-state index is 0.0499. The summed E-state index contributed by atoms with van der Waals surface area (Å²) in [7, 11) is -3.80. The van der Waals surface area contributed by atoms with Gasteiger partial charge in [-0.25, -0.2) is 22.2 Å². The molecule has 0 radical (unpaired) electrons. The molecule has 3 heterocycles. The fraction of sp³-hybridized carbons (Fsp3) is 0.720. The highest BCUT2D eigenvalue weighted by molar-refractivity contribution is 7.92. The SMILES string of the molecule is O=C(NC1CCN(C2CCC(F)(F)CC2)C1=O)c1ccc(NS(=O)(=O)CCO)nc1N1CCC2(CC1)CC2. The third-order valence-electron chi connectivity index (χ3n) is 8.49. The van der Waals surface area contributed by atoms with E-state index in [-0.39, 0.29) is 49.0 Å². The van der Waals surface area contributed by atoms with Gasteiger partial charge in [-0.15, -0.1) is 0 Å². The molecule has 3 N–H and O–H groups in total. The van der Waals surface area contributed by atoms with Crippen molar-refractivity contribution < 1.29 is 31.9 Å². The van der Waals surface area contributed by atoms with Gasteiger partial charge in [-0.3, -0.25) is 14.3 Å². The molecule has 1 aromatic rings. The Kier molecular flexibility index (Phi) is 7.27. The Labute approximate surface area is 221 Å². The van der Waals surface area contributed by atoms with E-state index >= 15 is 0 Å². The summed E-state index contributed by atoms with van der Waals surface area (Å²) in [6.07, 6.45) is 4.74. The molecule has 0 bridgehead atoms. The number of piperidine rings is 1. The van der Waals surface area contributed by atoms with Crippen molar-refractivity contribution in [2.75, 3.05) is 41.6 Å². The van der Waals surface area contributed by atoms with E-state index in [1.807, 2.05) is 4.90 Å². The molecule has 4 fully saturated rings. The fourth-order valence-corrected chi connectivity index (χ4v) is 6.67. The normalized spacial score (nSPS) is 25.0. The van der Waals surface area contributed by atoms with Crippen molar-refractivity contribution in [3.63, 3.8) is 0 Å². The van der Waals surface area contributed by atoms with Gasteiger partial charge >= 0.3 is 0 Å². The quantitative estimate of drug-likeness (QED) is 0.448. The van der Waals surface area contributed by atoms with Crippen molar-refractivity contribution in [3.05, 3.63) is 17.7 Å². The topological polar surface area (TPSA) is 132 Å². The lowest BCUT2D eigenvalue weighted by atomic mass is 9.91. The van der Waals surface area contributed by atoms with Crippen LogP contribution in [0, 0.1) is 5.41 Å². The van der Waals surface area contributed by atoms with Gasteiger partial charge in [-0.1, -0.05) is 0 Å². The molecule has 2 amide bonds. The van der Waals surface area contributed by atoms with Gasteiger partial charge in [0.05, 0.1) is 17.9 Å². The Hall–Kier alpha value is -2.54. The lowest BCUT2D eigenvalue weighted by Gasteiger charge is -2.34. The molecule has 0 aromatic carbocycles. The number of nitrogens with one attached hydrogen (secondary N) is 2. The van der Waals surface area contributed by atoms with Crippen molar-refractivity contribution in [3.8, 4) is 0 Å². The number of sulfonamides is 1. The number of carbonyl (C=O) groups is 2. The van der Waals surface area contributed by atoms with Crippen molar-refractivity contribution in [2.45, 2.75) is 75.8 Å². The Morgan fingerprint density at radius 1 is 1.05 bits per heavy atom. The summed E-state index contributed by atoms with van der Waals surface area (Å²) >= 11 is 0. The molecule has 5 rings (SSSR count). The van der Waals surface area contributed by atoms with Crippen LogP contribution in [0.15, 0.2) is 12.1 Å². The predicted molar refractivity (Wildman–Crippen MR) is 137 cm³/mol. The Balaban J connectivity index is 1.31. The zero-order chi connectivity index (χ0) is 27.1. The number of likely N-dealkylation sites (tertiary alicyclic amines) is 1. The summed E-state index contributed by atoms with van der Waals surface area (Å²) in [5, 5.41) is 11.8. The van der Waals surface area contributed by atoms with Crippen LogP contribution in [0.4, 0.5) is 20.4 Å². The van der Waals surface area contributed by atoms with Gasteiger partial charge in [0.25, 0.3) is 5.91 Å². The lowest BCUT2D eigenvalue weighted by molar-refractivity contribution is -0.134. The van der Waals surface area contributed by atoms with Crippen LogP contribution in [0.1, 0.15) is 68.1 Å². The number of pyridine rings is 1. The molecule has 1 aromatic heterocycles. The van der Waals surface area contributed by atoms with Crippen LogP contribution < -0.4 is 14.9 Å². The minimum Gasteiger partial charge on any atom is -0.395 e. The highest BCUT2D eigenvalue weighted by Crippen LogP contribution is 2.54. The van der Waals surface area contributed by atoms with Crippen LogP contribution >= 0.6 is 0 Å². The van der Waals surface area contributed by atoms with Crippen LogP contribution in [0.5, 0.6) is 0 Å². The summed E-state index contributed by atoms with van der Waals surface area (Å²) in [6.45, 7) is 1.24. The van der Waals surface area contributed by atoms with E-state index in [0.717, 1.165) is 12.8 Å². The van der Waals surface area contributed by atoms with Crippen molar-refractivity contribution in [1.29, 1.82) is 0 Å². The molecule has 210 valence electrons. The van der Waals surface area contributed by atoms with Crippen molar-refractivity contribution >= 4 is 33.5 Å². The number of carbonyl (C=O) groups excluding carboxylic acids is 2. The molecule has 13 heteroatoms. The predicted octanol–water partition coefficient (Wildman–Crippen LogP) is 2.10. The van der Waals surface area contributed by atoms with E-state index in [1.165, 1.54) is 25.0 Å². The number of amides is 2. The molecule has 1 unspecified atom stereocenters. The first-order valence-corrected chi connectivity index (χ1v) is 15.0. The van der Waals surface area contributed by atoms with Crippen LogP contribution in [-0.2, 0) is 14.8 Å². The second kappa shape index (κ2) is 10.2. The van der Waals surface area contributed by atoms with E-state index in [1.54, 1.807) is 4.90 Å². The monoisotopic (exact) mass is 555 g/mol. The van der Waals surface area contributed by atoms with Gasteiger partial charge < -0.3 is 20.2 Å². The van der Waals surface area contributed by atoms with Crippen LogP contribution in [-0.4, -0.2) is 85.2 Å². The summed E-state index contributed by atoms with van der Waals surface area (Å²) < 4.78 is 53.8. The average Bonchev–Trinajstić information content (AvgIpc) is 3.52. The van der Waals surface area contributed by atoms with Gasteiger partial charge in [0.2, 0.25) is 21.9 Å². The maximum atomic E-state index is 13.6. The fourth-order valence-electron chi connectivity index (χ4n) is 5.89. The number of aliphatic hydroxyl groups excluding tert-OH is 1. The highest BCUT2D eigenvalue weighted by atomic mass is 32.2. The molecule has 1 atom stereocenters. The molecule has 2 aliphatic heterocycles. The first-order valence-electron chi connectivity index (χ1n) is 13.4. The molecule has 2 saturated carbocycles. The molecule has 4 aliphatic rings. The number of nitrogens with zero attached hydrogens (tertiary/aromatic N) is 3. The number of aliphatic hydroxyl groups is 1. The zero-order valence-electron chi connectivity index (χ0n) is 21.3. The smallest absolute Gasteiger partial charge is 0.255 e. The largest absolute Gasteiger partial charge is 0.395 e. The second-order valence-corrected chi connectivity index (χ2v) is 13.0. The lowest BCUT2D eigenvalue weighted by Crippen LogP contribution is -2.46. The number of hydrogen-bond donors (Lipinski definition) is 3. The van der Waals surface area contributed by atoms with Gasteiger partial charge in [0.15, 0.2) is 0 Å². The van der Waals surface area contributed by atoms with E-state index in [9.17, 15) is 26.8 Å². The third kappa shape index (κ3) is 5.88. The number of alkyl halides is 2. The number of aromatic nitrogens is 1. The number of anilines is 2. The van der Waals surface area contributed by atoms with Gasteiger partial charge in [0, 0.05) is 38.5 Å². The summed E-state index contributed by atoms with van der Waals surface area (Å²) in [6, 6.07) is 1.90. The number of halogens is 2. The molecule has 10 nitrogen and oxygen atoms in total. The van der Waals surface area contributed by atoms with E-state index in [4.69, 9.17) is 5.11 Å². The number of hydrogen-bond acceptors (Lipinski definition) is 7. The maximum Gasteiger partial charge on any atom is 0.255 e. The highest BCUT2D eigenvalue weighted by Gasteiger charge is 2.45. The Morgan fingerprint density at radius 2 is 1.74 bits per heavy atom. The van der Waals surface area contributed by atoms with Crippen molar-refractivity contribution in [2.24, 2.45) is 5.41 Å².